The summed E-state index contributed by atoms with van der Waals surface area (Å²) in [4.78, 5) is 23.6. The monoisotopic (exact) mass is 458 g/mol. The van der Waals surface area contributed by atoms with E-state index in [1.54, 1.807) is 24.3 Å². The smallest absolute Gasteiger partial charge is 0.252 e. The van der Waals surface area contributed by atoms with E-state index in [2.05, 4.69) is 43.1 Å². The molecule has 0 fully saturated rings. The van der Waals surface area contributed by atoms with E-state index in [-0.39, 0.29) is 13.3 Å². The van der Waals surface area contributed by atoms with Crippen LogP contribution in [0, 0.1) is 18.3 Å². The van der Waals surface area contributed by atoms with E-state index in [4.69, 9.17) is 11.0 Å². The van der Waals surface area contributed by atoms with Gasteiger partial charge in [-0.2, -0.15) is 10.4 Å². The molecule has 184 valence electrons. The van der Waals surface area contributed by atoms with Gasteiger partial charge in [0.05, 0.1) is 35.1 Å². The van der Waals surface area contributed by atoms with E-state index in [9.17, 15) is 9.59 Å². The highest BCUT2D eigenvalue weighted by molar-refractivity contribution is 5.95. The molecule has 0 saturated carbocycles. The average Bonchev–Trinajstić information content (AvgIpc) is 3.11. The maximum Gasteiger partial charge on any atom is 0.252 e. The highest BCUT2D eigenvalue weighted by Gasteiger charge is 2.28. The van der Waals surface area contributed by atoms with Crippen LogP contribution in [-0.4, -0.2) is 40.1 Å². The Morgan fingerprint density at radius 2 is 1.82 bits per heavy atom. The van der Waals surface area contributed by atoms with E-state index in [1.807, 2.05) is 31.5 Å². The molecule has 1 unspecified atom stereocenters. The summed E-state index contributed by atoms with van der Waals surface area (Å²) in [6.07, 6.45) is 2.93. The lowest BCUT2D eigenvalue weighted by molar-refractivity contribution is -0.105. The number of likely N-dealkylation sites (N-methyl/N-ethyl adjacent to an activating group) is 1. The van der Waals surface area contributed by atoms with Crippen molar-refractivity contribution in [2.24, 2.45) is 5.73 Å². The number of aryl methyl sites for hydroxylation is 1. The molecule has 0 bridgehead atoms. The molecule has 0 aliphatic carbocycles. The third-order valence-corrected chi connectivity index (χ3v) is 4.60. The van der Waals surface area contributed by atoms with Crippen molar-refractivity contribution < 1.29 is 9.59 Å². The molecule has 2 heterocycles. The zero-order valence-electron chi connectivity index (χ0n) is 20.5. The lowest BCUT2D eigenvalue weighted by Crippen LogP contribution is -2.40. The number of benzene rings is 1. The fraction of sp³-hybridized carbons (Fsp3) is 0.520. The van der Waals surface area contributed by atoms with Crippen molar-refractivity contribution in [1.82, 2.24) is 14.7 Å². The Hall–Kier alpha value is -3.18. The highest BCUT2D eigenvalue weighted by atomic mass is 16.1. The number of fused-ring (bicyclic) bond motifs is 1. The van der Waals surface area contributed by atoms with E-state index in [0.717, 1.165) is 30.9 Å². The van der Waals surface area contributed by atoms with Crippen LogP contribution in [0.5, 0.6) is 0 Å². The molecule has 0 saturated heterocycles. The summed E-state index contributed by atoms with van der Waals surface area (Å²) in [7, 11) is 2.07. The molecule has 1 aromatic heterocycles. The van der Waals surface area contributed by atoms with Crippen molar-refractivity contribution in [3.05, 3.63) is 46.8 Å². The standard InChI is InChI=1S/C11H18N4O.C8H6N2O.C3H8.C2H6.CH4/c1-4-8-5-15-9(6-14(8)3)10(11(12)16)7(2)13-15;9-5-7-1-3-8(4-2-7)10-6-11;1-3-2;1-2;/h8H,4-6H2,1-3H3,(H2,12,16);1-4,6H,(H,10,11);3H2,1-2H3;1-2H3;1H4. The van der Waals surface area contributed by atoms with Gasteiger partial charge in [-0.1, -0.05) is 48.5 Å². The lowest BCUT2D eigenvalue weighted by Gasteiger charge is -2.32. The molecule has 0 radical (unpaired) electrons. The van der Waals surface area contributed by atoms with Gasteiger partial charge in [0.25, 0.3) is 5.91 Å². The first-order valence-electron chi connectivity index (χ1n) is 11.1. The maximum atomic E-state index is 11.4. The van der Waals surface area contributed by atoms with Gasteiger partial charge in [0.1, 0.15) is 0 Å². The molecule has 2 amide bonds. The Morgan fingerprint density at radius 3 is 2.24 bits per heavy atom. The van der Waals surface area contributed by atoms with Gasteiger partial charge in [0.2, 0.25) is 6.41 Å². The largest absolute Gasteiger partial charge is 0.365 e. The number of nitrogens with zero attached hydrogens (tertiary/aromatic N) is 4. The van der Waals surface area contributed by atoms with Gasteiger partial charge < -0.3 is 11.1 Å². The van der Waals surface area contributed by atoms with Crippen molar-refractivity contribution in [3.63, 3.8) is 0 Å². The van der Waals surface area contributed by atoms with E-state index < -0.39 is 0 Å². The van der Waals surface area contributed by atoms with Crippen LogP contribution in [-0.2, 0) is 17.9 Å². The number of primary amides is 1. The number of amides is 2. The molecular formula is C25H42N6O2. The summed E-state index contributed by atoms with van der Waals surface area (Å²) in [5.74, 6) is -0.373. The summed E-state index contributed by atoms with van der Waals surface area (Å²) < 4.78 is 1.93. The molecule has 3 rings (SSSR count). The summed E-state index contributed by atoms with van der Waals surface area (Å²) in [5, 5.41) is 15.3. The minimum atomic E-state index is -0.373. The number of nitriles is 1. The van der Waals surface area contributed by atoms with Gasteiger partial charge in [0, 0.05) is 18.3 Å². The molecule has 0 spiro atoms. The first kappa shape index (κ1) is 32.0. The second-order valence-electron chi connectivity index (χ2n) is 7.09. The van der Waals surface area contributed by atoms with Gasteiger partial charge in [-0.3, -0.25) is 19.2 Å². The van der Waals surface area contributed by atoms with Crippen LogP contribution in [0.4, 0.5) is 5.69 Å². The number of hydrogen-bond acceptors (Lipinski definition) is 5. The van der Waals surface area contributed by atoms with Crippen LogP contribution in [0.15, 0.2) is 24.3 Å². The van der Waals surface area contributed by atoms with Crippen molar-refractivity contribution in [3.8, 4) is 6.07 Å². The van der Waals surface area contributed by atoms with Gasteiger partial charge >= 0.3 is 0 Å². The predicted molar refractivity (Wildman–Crippen MR) is 136 cm³/mol. The van der Waals surface area contributed by atoms with Crippen LogP contribution in [0.3, 0.4) is 0 Å². The number of nitrogens with two attached hydrogens (primary N) is 1. The Labute approximate surface area is 199 Å². The maximum absolute atomic E-state index is 11.4. The summed E-state index contributed by atoms with van der Waals surface area (Å²) in [5.41, 5.74) is 8.96. The number of carbonyl (C=O) groups excluding carboxylic acids is 2. The number of aromatic nitrogens is 2. The van der Waals surface area contributed by atoms with Gasteiger partial charge in [-0.15, -0.1) is 0 Å². The van der Waals surface area contributed by atoms with Crippen LogP contribution in [0.25, 0.3) is 0 Å². The first-order valence-corrected chi connectivity index (χ1v) is 11.1. The Morgan fingerprint density at radius 1 is 1.27 bits per heavy atom. The zero-order valence-corrected chi connectivity index (χ0v) is 20.5. The number of carbonyl (C=O) groups is 2. The Bertz CT molecular complexity index is 868. The van der Waals surface area contributed by atoms with Crippen molar-refractivity contribution in [1.29, 1.82) is 5.26 Å². The van der Waals surface area contributed by atoms with E-state index in [0.29, 0.717) is 29.3 Å². The Balaban J connectivity index is 0. The number of hydrogen-bond donors (Lipinski definition) is 2. The number of anilines is 1. The van der Waals surface area contributed by atoms with E-state index in [1.165, 1.54) is 6.42 Å². The number of rotatable bonds is 4. The highest BCUT2D eigenvalue weighted by Crippen LogP contribution is 2.22. The van der Waals surface area contributed by atoms with Crippen LogP contribution in [0.2, 0.25) is 0 Å². The molecular weight excluding hydrogens is 416 g/mol. The molecule has 1 atom stereocenters. The van der Waals surface area contributed by atoms with Crippen molar-refractivity contribution in [2.45, 2.75) is 80.9 Å². The van der Waals surface area contributed by atoms with Crippen molar-refractivity contribution in [2.75, 3.05) is 12.4 Å². The number of nitrogens with one attached hydrogen (secondary N) is 1. The fourth-order valence-electron chi connectivity index (χ4n) is 3.12. The minimum absolute atomic E-state index is 0. The van der Waals surface area contributed by atoms with Crippen molar-refractivity contribution >= 4 is 18.0 Å². The quantitative estimate of drug-likeness (QED) is 0.643. The molecule has 1 aliphatic rings. The summed E-state index contributed by atoms with van der Waals surface area (Å²) in [6, 6.07) is 9.11. The summed E-state index contributed by atoms with van der Waals surface area (Å²) in [6.45, 7) is 13.8. The van der Waals surface area contributed by atoms with Gasteiger partial charge in [-0.25, -0.2) is 0 Å². The molecule has 3 N–H and O–H groups in total. The third-order valence-electron chi connectivity index (χ3n) is 4.60. The molecule has 8 heteroatoms. The normalized spacial score (nSPS) is 13.6. The Kier molecular flexibility index (Phi) is 16.9. The molecule has 1 aliphatic heterocycles. The SMILES string of the molecule is C.CC.CCC.CCC1Cn2nc(C)c(C(N)=O)c2CN1C.N#Cc1ccc(NC=O)cc1. The molecule has 2 aromatic rings. The second kappa shape index (κ2) is 17.4. The minimum Gasteiger partial charge on any atom is -0.365 e. The molecule has 1 aromatic carbocycles. The summed E-state index contributed by atoms with van der Waals surface area (Å²) >= 11 is 0. The zero-order chi connectivity index (χ0) is 24.7. The van der Waals surface area contributed by atoms with Gasteiger partial charge in [-0.05, 0) is 44.7 Å². The van der Waals surface area contributed by atoms with Gasteiger partial charge in [0.15, 0.2) is 0 Å². The first-order chi connectivity index (χ1) is 15.3. The fourth-order valence-corrected chi connectivity index (χ4v) is 3.12. The van der Waals surface area contributed by atoms with Crippen LogP contribution >= 0.6 is 0 Å². The molecule has 8 nitrogen and oxygen atoms in total. The lowest BCUT2D eigenvalue weighted by atomic mass is 10.1. The topological polar surface area (TPSA) is 117 Å². The molecule has 33 heavy (non-hydrogen) atoms. The van der Waals surface area contributed by atoms with Crippen LogP contribution < -0.4 is 11.1 Å². The second-order valence-corrected chi connectivity index (χ2v) is 7.09. The average molecular weight is 459 g/mol. The predicted octanol–water partition coefficient (Wildman–Crippen LogP) is 4.72. The van der Waals surface area contributed by atoms with E-state index >= 15 is 0 Å². The third kappa shape index (κ3) is 9.87. The van der Waals surface area contributed by atoms with Crippen LogP contribution in [0.1, 0.15) is 82.2 Å².